The third kappa shape index (κ3) is 21.4. The summed E-state index contributed by atoms with van der Waals surface area (Å²) in [5.41, 5.74) is 9.39. The highest BCUT2D eigenvalue weighted by molar-refractivity contribution is 6.29. The number of aryl methyl sites for hydroxylation is 9. The van der Waals surface area contributed by atoms with Crippen LogP contribution in [0.1, 0.15) is 166 Å². The maximum Gasteiger partial charge on any atom is 0.290 e. The first-order valence-electron chi connectivity index (χ1n) is 36.1. The van der Waals surface area contributed by atoms with Crippen LogP contribution in [0.4, 0.5) is 46.2 Å². The number of hydrogen-bond acceptors (Lipinski definition) is 18. The second kappa shape index (κ2) is 34.2. The van der Waals surface area contributed by atoms with Crippen molar-refractivity contribution < 1.29 is 14.4 Å². The van der Waals surface area contributed by atoms with Crippen LogP contribution in [0.25, 0.3) is 0 Å². The van der Waals surface area contributed by atoms with Gasteiger partial charge in [-0.2, -0.15) is 30.6 Å². The first kappa shape index (κ1) is 79.7. The molecule has 0 radical (unpaired) electrons. The summed E-state index contributed by atoms with van der Waals surface area (Å²) in [4.78, 5) is 79.3. The molecule has 3 amide bonds. The van der Waals surface area contributed by atoms with Gasteiger partial charge in [0.15, 0.2) is 34.2 Å². The van der Waals surface area contributed by atoms with Crippen LogP contribution in [0, 0.1) is 20.8 Å². The number of halogens is 1. The van der Waals surface area contributed by atoms with E-state index in [2.05, 4.69) is 140 Å². The molecule has 3 aliphatic rings. The van der Waals surface area contributed by atoms with E-state index in [1.165, 1.54) is 36.8 Å². The normalized spacial score (nSPS) is 16.0. The summed E-state index contributed by atoms with van der Waals surface area (Å²) in [6.45, 7) is 30.1. The van der Waals surface area contributed by atoms with E-state index >= 15 is 0 Å². The minimum atomic E-state index is -0.252. The van der Waals surface area contributed by atoms with Gasteiger partial charge in [0.05, 0.1) is 0 Å². The predicted octanol–water partition coefficient (Wildman–Crippen LogP) is 10.2. The standard InChI is InChI=1S/2C26H35N7O2.C16H24N2O.C10H12ClN5O/c2*1-17-14-22(29-31(17)5)28-21-15-23(30-32(6)25(21)35)33-13-7-8-20(16-33)27-24(34)18-9-11-19(12-10-18)26(2,3)4;1-16(2,3)13-8-6-12(7-9-13)15(19)18-14-5-4-10-17-11-14;1-6-4-9(14-15(6)2)12-7-5-8(11)13-16(3)10(7)17/h2*9-12,14-15,20H,7-8,13,16H2,1-6H3,(H,27,34)(H,28,29);6-9,14,17H,4-5,10-11H2,1-3H3,(H,18,19);4-5H,1-3H3,(H,12,14). The monoisotopic (exact) mass is 1470 g/mol. The van der Waals surface area contributed by atoms with Gasteiger partial charge in [-0.1, -0.05) is 110 Å². The Labute approximate surface area is 625 Å². The Morgan fingerprint density at radius 2 is 0.726 bits per heavy atom. The zero-order valence-electron chi connectivity index (χ0n) is 64.7. The van der Waals surface area contributed by atoms with E-state index in [-0.39, 0.29) is 73.9 Å². The lowest BCUT2D eigenvalue weighted by Gasteiger charge is -2.34. The number of aromatic nitrogens is 12. The molecular weight excluding hydrogens is 1360 g/mol. The number of hydrogen-bond donors (Lipinski definition) is 7. The quantitative estimate of drug-likeness (QED) is 0.0532. The summed E-state index contributed by atoms with van der Waals surface area (Å²) < 4.78 is 9.09. The molecule has 9 aromatic rings. The summed E-state index contributed by atoms with van der Waals surface area (Å²) in [7, 11) is 10.4. The van der Waals surface area contributed by atoms with Gasteiger partial charge in [0.1, 0.15) is 17.1 Å². The molecule has 7 N–H and O–H groups in total. The molecule has 3 saturated heterocycles. The van der Waals surface area contributed by atoms with Gasteiger partial charge in [-0.05, 0) is 135 Å². The fraction of sp³-hybridized carbons (Fsp3) is 0.462. The van der Waals surface area contributed by atoms with Gasteiger partial charge in [0.2, 0.25) is 0 Å². The largest absolute Gasteiger partial charge is 0.353 e. The molecule has 0 spiro atoms. The molecule has 3 aliphatic heterocycles. The number of anilines is 8. The number of nitrogens with zero attached hydrogens (tertiary/aromatic N) is 14. The van der Waals surface area contributed by atoms with Crippen LogP contribution >= 0.6 is 11.6 Å². The van der Waals surface area contributed by atoms with Crippen LogP contribution in [0.3, 0.4) is 0 Å². The molecule has 3 fully saturated rings. The van der Waals surface area contributed by atoms with E-state index in [4.69, 9.17) is 11.6 Å². The zero-order chi connectivity index (χ0) is 77.1. The van der Waals surface area contributed by atoms with Gasteiger partial charge in [-0.3, -0.25) is 42.8 Å². The van der Waals surface area contributed by atoms with Gasteiger partial charge in [-0.15, -0.1) is 0 Å². The third-order valence-electron chi connectivity index (χ3n) is 19.1. The van der Waals surface area contributed by atoms with E-state index in [9.17, 15) is 28.8 Å². The summed E-state index contributed by atoms with van der Waals surface area (Å²) in [6.07, 6.45) is 5.83. The second-order valence-corrected chi connectivity index (χ2v) is 31.2. The summed E-state index contributed by atoms with van der Waals surface area (Å²) in [6, 6.07) is 34.5. The Bertz CT molecular complexity index is 4460. The molecule has 0 bridgehead atoms. The third-order valence-corrected chi connectivity index (χ3v) is 19.3. The number of piperidine rings is 3. The van der Waals surface area contributed by atoms with Crippen molar-refractivity contribution in [3.05, 3.63) is 196 Å². The molecule has 28 heteroatoms. The van der Waals surface area contributed by atoms with Crippen molar-refractivity contribution in [2.24, 2.45) is 42.3 Å². The van der Waals surface area contributed by atoms with E-state index in [1.807, 2.05) is 133 Å². The average molecular weight is 1470 g/mol. The van der Waals surface area contributed by atoms with E-state index in [1.54, 1.807) is 47.3 Å². The van der Waals surface area contributed by atoms with Crippen LogP contribution in [0.5, 0.6) is 0 Å². The Morgan fingerprint density at radius 1 is 0.415 bits per heavy atom. The van der Waals surface area contributed by atoms with Crippen molar-refractivity contribution in [3.63, 3.8) is 0 Å². The number of carbonyl (C=O) groups excluding carboxylic acids is 3. The van der Waals surface area contributed by atoms with E-state index < -0.39 is 0 Å². The average Bonchev–Trinajstić information content (AvgIpc) is 1.03. The maximum atomic E-state index is 12.9. The highest BCUT2D eigenvalue weighted by atomic mass is 35.5. The molecule has 3 unspecified atom stereocenters. The fourth-order valence-corrected chi connectivity index (χ4v) is 12.6. The van der Waals surface area contributed by atoms with Gasteiger partial charge in [0, 0.05) is 163 Å². The number of rotatable bonds is 14. The summed E-state index contributed by atoms with van der Waals surface area (Å²) in [5.74, 6) is 3.10. The van der Waals surface area contributed by atoms with Crippen LogP contribution in [0.2, 0.25) is 5.15 Å². The van der Waals surface area contributed by atoms with Crippen molar-refractivity contribution in [3.8, 4) is 0 Å². The summed E-state index contributed by atoms with van der Waals surface area (Å²) >= 11 is 5.79. The van der Waals surface area contributed by atoms with Crippen LogP contribution in [0.15, 0.2) is 124 Å². The predicted molar refractivity (Wildman–Crippen MR) is 421 cm³/mol. The molecule has 0 saturated carbocycles. The topological polar surface area (TPSA) is 300 Å². The number of nitrogens with one attached hydrogen (secondary N) is 7. The van der Waals surface area contributed by atoms with E-state index in [0.717, 1.165) is 87.3 Å². The van der Waals surface area contributed by atoms with Crippen LogP contribution in [-0.4, -0.2) is 134 Å². The molecule has 12 rings (SSSR count). The Morgan fingerprint density at radius 3 is 1.03 bits per heavy atom. The zero-order valence-corrected chi connectivity index (χ0v) is 65.5. The Balaban J connectivity index is 0.000000171. The van der Waals surface area contributed by atoms with Crippen molar-refractivity contribution in [2.75, 3.05) is 65.0 Å². The van der Waals surface area contributed by atoms with E-state index in [0.29, 0.717) is 70.4 Å². The molecule has 3 atom stereocenters. The molecular formula is C78H106ClN21O6. The Kier molecular flexibility index (Phi) is 25.7. The summed E-state index contributed by atoms with van der Waals surface area (Å²) in [5, 5.41) is 47.9. The Hall–Kier alpha value is -10.4. The van der Waals surface area contributed by atoms with Gasteiger partial charge in [0.25, 0.3) is 34.4 Å². The fourth-order valence-electron chi connectivity index (χ4n) is 12.4. The highest BCUT2D eigenvalue weighted by Gasteiger charge is 2.28. The number of amides is 3. The molecule has 0 aliphatic carbocycles. The molecule has 566 valence electrons. The molecule has 106 heavy (non-hydrogen) atoms. The highest BCUT2D eigenvalue weighted by Crippen LogP contribution is 2.28. The van der Waals surface area contributed by atoms with Gasteiger partial charge in [-0.25, -0.2) is 14.0 Å². The second-order valence-electron chi connectivity index (χ2n) is 30.8. The minimum Gasteiger partial charge on any atom is -0.353 e. The van der Waals surface area contributed by atoms with Crippen molar-refractivity contribution >= 4 is 75.5 Å². The lowest BCUT2D eigenvalue weighted by Crippen LogP contribution is -2.48. The van der Waals surface area contributed by atoms with Gasteiger partial charge >= 0.3 is 0 Å². The molecule has 3 aromatic carbocycles. The SMILES string of the molecule is CC(C)(C)c1ccc(C(=O)NC2CCCNC2)cc1.Cc1cc(Nc2cc(Cl)nn(C)c2=O)nn1C.Cc1cc(Nc2cc(N3CCCC(NC(=O)c4ccc(C(C)(C)C)cc4)C3)nn(C)c2=O)nn1C.Cc1cc(Nc2cc(N3CCCC(NC(=O)c4ccc(C(C)(C)C)cc4)C3)nn(C)c2=O)nn1C. The van der Waals surface area contributed by atoms with Crippen molar-refractivity contribution in [2.45, 2.75) is 156 Å². The van der Waals surface area contributed by atoms with Crippen LogP contribution in [-0.2, 0) is 58.5 Å². The van der Waals surface area contributed by atoms with Crippen molar-refractivity contribution in [1.82, 2.24) is 80.0 Å². The lowest BCUT2D eigenvalue weighted by atomic mass is 9.86. The first-order valence-corrected chi connectivity index (χ1v) is 36.5. The van der Waals surface area contributed by atoms with Crippen molar-refractivity contribution in [1.29, 1.82) is 0 Å². The molecule has 6 aromatic heterocycles. The number of benzene rings is 3. The first-order chi connectivity index (χ1) is 49.9. The van der Waals surface area contributed by atoms with Crippen LogP contribution < -0.4 is 63.7 Å². The maximum absolute atomic E-state index is 12.9. The smallest absolute Gasteiger partial charge is 0.290 e. The molecule has 9 heterocycles. The van der Waals surface area contributed by atoms with Gasteiger partial charge < -0.3 is 47.0 Å². The lowest BCUT2D eigenvalue weighted by molar-refractivity contribution is 0.0923. The molecule has 27 nitrogen and oxygen atoms in total. The number of carbonyl (C=O) groups is 3. The minimum absolute atomic E-state index is 0.00701.